The van der Waals surface area contributed by atoms with Crippen LogP contribution in [-0.4, -0.2) is 16.1 Å². The smallest absolute Gasteiger partial charge is 0.259 e. The fourth-order valence-corrected chi connectivity index (χ4v) is 1.84. The fourth-order valence-electron chi connectivity index (χ4n) is 1.65. The molecule has 1 amide bonds. The fraction of sp³-hybridized carbons (Fsp3) is 0.167. The Morgan fingerprint density at radius 3 is 2.76 bits per heavy atom. The van der Waals surface area contributed by atoms with Crippen LogP contribution in [0.2, 0.25) is 5.02 Å². The van der Waals surface area contributed by atoms with Crippen molar-refractivity contribution >= 4 is 23.2 Å². The second-order valence-electron chi connectivity index (χ2n) is 3.77. The van der Waals surface area contributed by atoms with Gasteiger partial charge in [-0.15, -0.1) is 0 Å². The summed E-state index contributed by atoms with van der Waals surface area (Å²) in [4.78, 5) is 12.0. The first-order valence-corrected chi connectivity index (χ1v) is 5.54. The number of benzene rings is 1. The molecular formula is C12H12ClN3O. The maximum atomic E-state index is 12.0. The topological polar surface area (TPSA) is 57.8 Å². The van der Waals surface area contributed by atoms with E-state index in [-0.39, 0.29) is 5.91 Å². The number of H-pyrrole nitrogens is 1. The lowest BCUT2D eigenvalue weighted by Gasteiger charge is -2.05. The van der Waals surface area contributed by atoms with Gasteiger partial charge < -0.3 is 5.32 Å². The molecule has 1 aromatic heterocycles. The Balaban J connectivity index is 2.23. The van der Waals surface area contributed by atoms with Crippen molar-refractivity contribution in [3.63, 3.8) is 0 Å². The van der Waals surface area contributed by atoms with Crippen LogP contribution in [0, 0.1) is 13.8 Å². The number of nitrogens with zero attached hydrogens (tertiary/aromatic N) is 1. The number of aromatic nitrogens is 2. The summed E-state index contributed by atoms with van der Waals surface area (Å²) in [5.74, 6) is -0.184. The number of amides is 1. The van der Waals surface area contributed by atoms with Gasteiger partial charge in [-0.25, -0.2) is 0 Å². The van der Waals surface area contributed by atoms with Crippen molar-refractivity contribution in [1.29, 1.82) is 0 Å². The maximum absolute atomic E-state index is 12.0. The second-order valence-corrected chi connectivity index (χ2v) is 4.21. The van der Waals surface area contributed by atoms with Gasteiger partial charge in [0.1, 0.15) is 0 Å². The van der Waals surface area contributed by atoms with E-state index in [0.717, 1.165) is 5.69 Å². The summed E-state index contributed by atoms with van der Waals surface area (Å²) >= 11 is 5.85. The van der Waals surface area contributed by atoms with Crippen molar-refractivity contribution in [2.75, 3.05) is 5.32 Å². The van der Waals surface area contributed by atoms with Crippen LogP contribution in [0.1, 0.15) is 21.7 Å². The molecule has 1 aromatic carbocycles. The largest absolute Gasteiger partial charge is 0.322 e. The number of halogens is 1. The van der Waals surface area contributed by atoms with Gasteiger partial charge >= 0.3 is 0 Å². The predicted molar refractivity (Wildman–Crippen MR) is 67.5 cm³/mol. The van der Waals surface area contributed by atoms with E-state index in [0.29, 0.717) is 22.0 Å². The van der Waals surface area contributed by atoms with E-state index in [1.165, 1.54) is 0 Å². The Labute approximate surface area is 104 Å². The van der Waals surface area contributed by atoms with E-state index in [1.54, 1.807) is 31.2 Å². The predicted octanol–water partition coefficient (Wildman–Crippen LogP) is 2.93. The lowest BCUT2D eigenvalue weighted by atomic mass is 10.2. The molecule has 2 aromatic rings. The van der Waals surface area contributed by atoms with E-state index >= 15 is 0 Å². The molecule has 0 spiro atoms. The van der Waals surface area contributed by atoms with Gasteiger partial charge in [0.15, 0.2) is 0 Å². The molecule has 4 nitrogen and oxygen atoms in total. The first kappa shape index (κ1) is 11.7. The molecule has 0 unspecified atom stereocenters. The summed E-state index contributed by atoms with van der Waals surface area (Å²) in [5, 5.41) is 10.1. The summed E-state index contributed by atoms with van der Waals surface area (Å²) in [6, 6.07) is 7.03. The Hall–Kier alpha value is -1.81. The number of carbonyl (C=O) groups excluding carboxylic acids is 1. The SMILES string of the molecule is Cc1n[nH]c(C)c1C(=O)Nc1cccc(Cl)c1. The highest BCUT2D eigenvalue weighted by Crippen LogP contribution is 2.17. The van der Waals surface area contributed by atoms with Crippen LogP contribution >= 0.6 is 11.6 Å². The Bertz CT molecular complexity index is 543. The summed E-state index contributed by atoms with van der Waals surface area (Å²) in [5.41, 5.74) is 2.68. The van der Waals surface area contributed by atoms with Crippen molar-refractivity contribution in [3.05, 3.63) is 46.2 Å². The molecule has 2 N–H and O–H groups in total. The molecule has 2 rings (SSSR count). The molecule has 0 radical (unpaired) electrons. The van der Waals surface area contributed by atoms with Crippen molar-refractivity contribution < 1.29 is 4.79 Å². The average molecular weight is 250 g/mol. The first-order valence-electron chi connectivity index (χ1n) is 5.16. The number of rotatable bonds is 2. The Morgan fingerprint density at radius 1 is 1.41 bits per heavy atom. The van der Waals surface area contributed by atoms with Crippen LogP contribution in [-0.2, 0) is 0 Å². The molecule has 0 saturated heterocycles. The third kappa shape index (κ3) is 2.47. The number of hydrogen-bond acceptors (Lipinski definition) is 2. The molecule has 0 saturated carbocycles. The van der Waals surface area contributed by atoms with Gasteiger partial charge in [-0.3, -0.25) is 9.89 Å². The molecule has 0 fully saturated rings. The van der Waals surface area contributed by atoms with E-state index in [1.807, 2.05) is 6.92 Å². The quantitative estimate of drug-likeness (QED) is 0.860. The van der Waals surface area contributed by atoms with Crippen LogP contribution in [0.4, 0.5) is 5.69 Å². The number of aryl methyl sites for hydroxylation is 2. The zero-order chi connectivity index (χ0) is 12.4. The molecule has 88 valence electrons. The van der Waals surface area contributed by atoms with Gasteiger partial charge in [-0.05, 0) is 32.0 Å². The molecule has 0 bridgehead atoms. The van der Waals surface area contributed by atoms with Gasteiger partial charge in [0.05, 0.1) is 11.3 Å². The lowest BCUT2D eigenvalue weighted by molar-refractivity contribution is 0.102. The maximum Gasteiger partial charge on any atom is 0.259 e. The molecule has 0 atom stereocenters. The zero-order valence-corrected chi connectivity index (χ0v) is 10.3. The van der Waals surface area contributed by atoms with E-state index in [4.69, 9.17) is 11.6 Å². The third-order valence-corrected chi connectivity index (χ3v) is 2.67. The normalized spacial score (nSPS) is 10.3. The molecule has 0 aliphatic heterocycles. The van der Waals surface area contributed by atoms with Gasteiger partial charge in [-0.1, -0.05) is 17.7 Å². The van der Waals surface area contributed by atoms with Gasteiger partial charge in [-0.2, -0.15) is 5.10 Å². The van der Waals surface area contributed by atoms with E-state index in [2.05, 4.69) is 15.5 Å². The average Bonchev–Trinajstić information content (AvgIpc) is 2.58. The highest BCUT2D eigenvalue weighted by atomic mass is 35.5. The molecular weight excluding hydrogens is 238 g/mol. The van der Waals surface area contributed by atoms with Gasteiger partial charge in [0.25, 0.3) is 5.91 Å². The summed E-state index contributed by atoms with van der Waals surface area (Å²) < 4.78 is 0. The van der Waals surface area contributed by atoms with Crippen LogP contribution in [0.5, 0.6) is 0 Å². The summed E-state index contributed by atoms with van der Waals surface area (Å²) in [6.07, 6.45) is 0. The van der Waals surface area contributed by atoms with Crippen molar-refractivity contribution in [2.45, 2.75) is 13.8 Å². The van der Waals surface area contributed by atoms with Crippen LogP contribution in [0.3, 0.4) is 0 Å². The minimum Gasteiger partial charge on any atom is -0.322 e. The standard InChI is InChI=1S/C12H12ClN3O/c1-7-11(8(2)16-15-7)12(17)14-10-5-3-4-9(13)6-10/h3-6H,1-2H3,(H,14,17)(H,15,16). The molecule has 5 heteroatoms. The number of hydrogen-bond donors (Lipinski definition) is 2. The van der Waals surface area contributed by atoms with E-state index in [9.17, 15) is 4.79 Å². The number of aromatic amines is 1. The molecule has 0 aliphatic rings. The Kier molecular flexibility index (Phi) is 3.15. The number of nitrogens with one attached hydrogen (secondary N) is 2. The van der Waals surface area contributed by atoms with Crippen molar-refractivity contribution in [1.82, 2.24) is 10.2 Å². The lowest BCUT2D eigenvalue weighted by Crippen LogP contribution is -2.13. The summed E-state index contributed by atoms with van der Waals surface area (Å²) in [7, 11) is 0. The number of anilines is 1. The van der Waals surface area contributed by atoms with E-state index < -0.39 is 0 Å². The molecule has 1 heterocycles. The summed E-state index contributed by atoms with van der Waals surface area (Å²) in [6.45, 7) is 3.60. The highest BCUT2D eigenvalue weighted by Gasteiger charge is 2.15. The van der Waals surface area contributed by atoms with Crippen LogP contribution in [0.25, 0.3) is 0 Å². The first-order chi connectivity index (χ1) is 8.08. The highest BCUT2D eigenvalue weighted by molar-refractivity contribution is 6.31. The third-order valence-electron chi connectivity index (χ3n) is 2.44. The van der Waals surface area contributed by atoms with Gasteiger partial charge in [0.2, 0.25) is 0 Å². The van der Waals surface area contributed by atoms with Crippen molar-refractivity contribution in [2.24, 2.45) is 0 Å². The molecule has 17 heavy (non-hydrogen) atoms. The van der Waals surface area contributed by atoms with Gasteiger partial charge in [0, 0.05) is 16.4 Å². The Morgan fingerprint density at radius 2 is 2.18 bits per heavy atom. The minimum atomic E-state index is -0.184. The zero-order valence-electron chi connectivity index (χ0n) is 9.54. The van der Waals surface area contributed by atoms with Crippen LogP contribution < -0.4 is 5.32 Å². The minimum absolute atomic E-state index is 0.184. The second kappa shape index (κ2) is 4.59. The molecule has 0 aliphatic carbocycles. The van der Waals surface area contributed by atoms with Crippen molar-refractivity contribution in [3.8, 4) is 0 Å². The number of carbonyl (C=O) groups is 1. The monoisotopic (exact) mass is 249 g/mol. The van der Waals surface area contributed by atoms with Crippen LogP contribution in [0.15, 0.2) is 24.3 Å².